The van der Waals surface area contributed by atoms with E-state index in [0.29, 0.717) is 10.6 Å². The van der Waals surface area contributed by atoms with Gasteiger partial charge in [0.05, 0.1) is 5.52 Å². The van der Waals surface area contributed by atoms with Gasteiger partial charge in [-0.15, -0.1) is 0 Å². The van der Waals surface area contributed by atoms with Crippen LogP contribution in [0.1, 0.15) is 27.7 Å². The third-order valence-corrected chi connectivity index (χ3v) is 1.86. The Bertz CT molecular complexity index is 483. The van der Waals surface area contributed by atoms with Gasteiger partial charge in [0.15, 0.2) is 4.77 Å². The van der Waals surface area contributed by atoms with Crippen LogP contribution >= 0.6 is 12.2 Å². The summed E-state index contributed by atoms with van der Waals surface area (Å²) in [6, 6.07) is 7.66. The smallest absolute Gasteiger partial charge is 0.199 e. The van der Waals surface area contributed by atoms with E-state index in [-0.39, 0.29) is 0 Å². The minimum Gasteiger partial charge on any atom is -0.400 e. The van der Waals surface area contributed by atoms with Crippen molar-refractivity contribution in [1.82, 2.24) is 9.97 Å². The molecule has 0 fully saturated rings. The molecule has 4 nitrogen and oxygen atoms in total. The molecule has 0 saturated heterocycles. The lowest BCUT2D eigenvalue weighted by Crippen LogP contribution is -1.93. The molecule has 0 spiro atoms. The summed E-state index contributed by atoms with van der Waals surface area (Å²) in [7, 11) is 1.00. The third-order valence-electron chi connectivity index (χ3n) is 1.67. The Morgan fingerprint density at radius 2 is 1.61 bits per heavy atom. The molecule has 4 N–H and O–H groups in total. The first-order valence-electron chi connectivity index (χ1n) is 5.96. The van der Waals surface area contributed by atoms with Gasteiger partial charge in [-0.1, -0.05) is 39.8 Å². The standard InChI is InChI=1S/C8H7N3S.2C2H6.CH4O/c9-7-5-3-1-2-4-6(5)10-8(12)11-7;3*1-2/h1-4H,(H3,9,10,11,12);2*1-2H3;2H,1H3. The van der Waals surface area contributed by atoms with Crippen molar-refractivity contribution >= 4 is 28.9 Å². The van der Waals surface area contributed by atoms with Crippen molar-refractivity contribution < 1.29 is 5.11 Å². The number of aliphatic hydroxyl groups is 1. The van der Waals surface area contributed by atoms with E-state index >= 15 is 0 Å². The number of nitrogens with zero attached hydrogens (tertiary/aromatic N) is 1. The van der Waals surface area contributed by atoms with Gasteiger partial charge >= 0.3 is 0 Å². The van der Waals surface area contributed by atoms with Gasteiger partial charge in [-0.3, -0.25) is 0 Å². The van der Waals surface area contributed by atoms with Crippen LogP contribution in [0, 0.1) is 4.77 Å². The van der Waals surface area contributed by atoms with Crippen molar-refractivity contribution in [2.45, 2.75) is 27.7 Å². The maximum Gasteiger partial charge on any atom is 0.199 e. The van der Waals surface area contributed by atoms with E-state index in [2.05, 4.69) is 9.97 Å². The first-order chi connectivity index (χ1) is 8.77. The van der Waals surface area contributed by atoms with Crippen molar-refractivity contribution in [3.63, 3.8) is 0 Å². The number of aromatic nitrogens is 2. The van der Waals surface area contributed by atoms with Crippen LogP contribution in [-0.4, -0.2) is 22.2 Å². The van der Waals surface area contributed by atoms with E-state index in [9.17, 15) is 0 Å². The molecule has 0 atom stereocenters. The normalized spacial score (nSPS) is 7.89. The molecule has 1 aromatic carbocycles. The number of anilines is 1. The van der Waals surface area contributed by atoms with E-state index in [1.807, 2.05) is 52.0 Å². The van der Waals surface area contributed by atoms with Gasteiger partial charge in [0, 0.05) is 12.5 Å². The van der Waals surface area contributed by atoms with Gasteiger partial charge in [-0.05, 0) is 24.4 Å². The number of hydrogen-bond acceptors (Lipinski definition) is 4. The molecule has 2 rings (SSSR count). The average Bonchev–Trinajstić information content (AvgIpc) is 2.45. The van der Waals surface area contributed by atoms with Crippen LogP contribution in [0.5, 0.6) is 0 Å². The molecule has 5 heteroatoms. The van der Waals surface area contributed by atoms with Crippen LogP contribution in [0.25, 0.3) is 10.9 Å². The zero-order valence-electron chi connectivity index (χ0n) is 11.7. The van der Waals surface area contributed by atoms with E-state index in [1.54, 1.807) is 0 Å². The maximum absolute atomic E-state index is 7.00. The molecule has 2 aromatic rings. The molecule has 1 heterocycles. The monoisotopic (exact) mass is 269 g/mol. The summed E-state index contributed by atoms with van der Waals surface area (Å²) in [6.07, 6.45) is 0. The second-order valence-corrected chi connectivity index (χ2v) is 2.86. The average molecular weight is 269 g/mol. The fraction of sp³-hybridized carbons (Fsp3) is 0.385. The van der Waals surface area contributed by atoms with Crippen LogP contribution in [0.3, 0.4) is 0 Å². The van der Waals surface area contributed by atoms with Crippen LogP contribution in [0.4, 0.5) is 5.82 Å². The third kappa shape index (κ3) is 5.75. The zero-order chi connectivity index (χ0) is 14.6. The minimum atomic E-state index is 0.422. The van der Waals surface area contributed by atoms with Gasteiger partial charge in [0.1, 0.15) is 5.82 Å². The Morgan fingerprint density at radius 1 is 1.11 bits per heavy atom. The number of H-pyrrole nitrogens is 1. The van der Waals surface area contributed by atoms with Crippen molar-refractivity contribution in [2.24, 2.45) is 0 Å². The molecule has 0 unspecified atom stereocenters. The molecule has 0 saturated carbocycles. The molecule has 0 bridgehead atoms. The Balaban J connectivity index is 0. The van der Waals surface area contributed by atoms with E-state index in [4.69, 9.17) is 23.1 Å². The molecule has 0 amide bonds. The van der Waals surface area contributed by atoms with Crippen LogP contribution in [0.15, 0.2) is 24.3 Å². The van der Waals surface area contributed by atoms with Gasteiger partial charge in [-0.2, -0.15) is 0 Å². The Kier molecular flexibility index (Phi) is 12.6. The Labute approximate surface area is 114 Å². The number of para-hydroxylation sites is 1. The predicted molar refractivity (Wildman–Crippen MR) is 82.2 cm³/mol. The molecular formula is C13H23N3OS. The highest BCUT2D eigenvalue weighted by molar-refractivity contribution is 7.71. The molecule has 0 aliphatic carbocycles. The lowest BCUT2D eigenvalue weighted by molar-refractivity contribution is 0.399. The number of hydrogen-bond donors (Lipinski definition) is 3. The van der Waals surface area contributed by atoms with Crippen LogP contribution in [0.2, 0.25) is 0 Å². The summed E-state index contributed by atoms with van der Waals surface area (Å²) in [4.78, 5) is 6.89. The quantitative estimate of drug-likeness (QED) is 0.639. The van der Waals surface area contributed by atoms with Crippen molar-refractivity contribution in [3.8, 4) is 0 Å². The number of nitrogens with one attached hydrogen (secondary N) is 1. The van der Waals surface area contributed by atoms with Gasteiger partial charge < -0.3 is 15.8 Å². The fourth-order valence-corrected chi connectivity index (χ4v) is 1.34. The molecular weight excluding hydrogens is 246 g/mol. The predicted octanol–water partition coefficient (Wildman–Crippen LogP) is 3.54. The first-order valence-corrected chi connectivity index (χ1v) is 6.37. The highest BCUT2D eigenvalue weighted by Gasteiger charge is 1.96. The number of nitrogens with two attached hydrogens (primary N) is 1. The second-order valence-electron chi connectivity index (χ2n) is 2.47. The van der Waals surface area contributed by atoms with Crippen LogP contribution in [-0.2, 0) is 0 Å². The molecule has 0 aliphatic heterocycles. The molecule has 0 radical (unpaired) electrons. The van der Waals surface area contributed by atoms with Crippen molar-refractivity contribution in [1.29, 1.82) is 0 Å². The molecule has 1 aromatic heterocycles. The number of nitrogen functional groups attached to an aromatic ring is 1. The highest BCUT2D eigenvalue weighted by Crippen LogP contribution is 2.15. The first kappa shape index (κ1) is 18.9. The Hall–Kier alpha value is -1.46. The fourth-order valence-electron chi connectivity index (χ4n) is 1.13. The maximum atomic E-state index is 7.00. The van der Waals surface area contributed by atoms with Gasteiger partial charge in [0.2, 0.25) is 0 Å². The van der Waals surface area contributed by atoms with Crippen molar-refractivity contribution in [2.75, 3.05) is 12.8 Å². The van der Waals surface area contributed by atoms with E-state index < -0.39 is 0 Å². The Morgan fingerprint density at radius 3 is 2.17 bits per heavy atom. The van der Waals surface area contributed by atoms with E-state index in [0.717, 1.165) is 18.0 Å². The molecule has 102 valence electrons. The lowest BCUT2D eigenvalue weighted by Gasteiger charge is -1.99. The summed E-state index contributed by atoms with van der Waals surface area (Å²) in [5, 5.41) is 7.91. The zero-order valence-corrected chi connectivity index (χ0v) is 12.5. The number of aliphatic hydroxyl groups excluding tert-OH is 1. The highest BCUT2D eigenvalue weighted by atomic mass is 32.1. The molecule has 18 heavy (non-hydrogen) atoms. The topological polar surface area (TPSA) is 74.9 Å². The van der Waals surface area contributed by atoms with Crippen molar-refractivity contribution in [3.05, 3.63) is 29.0 Å². The van der Waals surface area contributed by atoms with Crippen LogP contribution < -0.4 is 5.73 Å². The minimum absolute atomic E-state index is 0.422. The number of fused-ring (bicyclic) bond motifs is 1. The largest absolute Gasteiger partial charge is 0.400 e. The summed E-state index contributed by atoms with van der Waals surface area (Å²) >= 11 is 4.88. The van der Waals surface area contributed by atoms with Gasteiger partial charge in [0.25, 0.3) is 0 Å². The van der Waals surface area contributed by atoms with Gasteiger partial charge in [-0.25, -0.2) is 4.98 Å². The SMILES string of the molecule is CC.CC.CO.Nc1nc(=S)[nH]c2ccccc12. The summed E-state index contributed by atoms with van der Waals surface area (Å²) in [5.74, 6) is 0.481. The summed E-state index contributed by atoms with van der Waals surface area (Å²) in [5.41, 5.74) is 6.59. The lowest BCUT2D eigenvalue weighted by atomic mass is 10.2. The summed E-state index contributed by atoms with van der Waals surface area (Å²) < 4.78 is 0.422. The number of aromatic amines is 1. The second kappa shape index (κ2) is 12.0. The number of rotatable bonds is 0. The summed E-state index contributed by atoms with van der Waals surface area (Å²) in [6.45, 7) is 8.00. The molecule has 0 aliphatic rings. The number of benzene rings is 1. The van der Waals surface area contributed by atoms with E-state index in [1.165, 1.54) is 0 Å².